The molecule has 0 aliphatic carbocycles. The molecule has 1 fully saturated rings. The second-order valence-corrected chi connectivity index (χ2v) is 8.95. The quantitative estimate of drug-likeness (QED) is 0.484. The summed E-state index contributed by atoms with van der Waals surface area (Å²) < 4.78 is 5.45. The van der Waals surface area contributed by atoms with Crippen LogP contribution in [0.4, 0.5) is 16.2 Å². The van der Waals surface area contributed by atoms with Gasteiger partial charge in [-0.25, -0.2) is 9.59 Å². The summed E-state index contributed by atoms with van der Waals surface area (Å²) in [4.78, 5) is 34.0. The number of carboxylic acid groups (broad SMARTS) is 1. The third kappa shape index (κ3) is 7.09. The molecule has 8 nitrogen and oxygen atoms in total. The van der Waals surface area contributed by atoms with Crippen LogP contribution in [0.1, 0.15) is 39.7 Å². The van der Waals surface area contributed by atoms with Crippen molar-refractivity contribution in [2.45, 2.75) is 39.7 Å². The maximum absolute atomic E-state index is 12.2. The van der Waals surface area contributed by atoms with Gasteiger partial charge in [-0.05, 0) is 65.6 Å². The Labute approximate surface area is 191 Å². The second kappa shape index (κ2) is 11.1. The van der Waals surface area contributed by atoms with Gasteiger partial charge in [-0.1, -0.05) is 6.08 Å². The van der Waals surface area contributed by atoms with Crippen LogP contribution in [-0.2, 0) is 9.53 Å². The number of benzene rings is 1. The first kappa shape index (κ1) is 25.4. The summed E-state index contributed by atoms with van der Waals surface area (Å²) in [6.07, 6.45) is 2.29. The molecule has 32 heavy (non-hydrogen) atoms. The molecule has 1 amide bonds. The van der Waals surface area contributed by atoms with E-state index in [2.05, 4.69) is 21.5 Å². The van der Waals surface area contributed by atoms with Gasteiger partial charge < -0.3 is 19.6 Å². The van der Waals surface area contributed by atoms with E-state index in [0.717, 1.165) is 38.3 Å². The summed E-state index contributed by atoms with van der Waals surface area (Å²) in [5.41, 5.74) is 1.79. The third-order valence-electron chi connectivity index (χ3n) is 5.39. The summed E-state index contributed by atoms with van der Waals surface area (Å²) in [6, 6.07) is 5.59. The lowest BCUT2D eigenvalue weighted by Gasteiger charge is -2.35. The number of hydrogen-bond acceptors (Lipinski definition) is 6. The van der Waals surface area contributed by atoms with E-state index in [1.54, 1.807) is 24.0 Å². The highest BCUT2D eigenvalue weighted by molar-refractivity contribution is 6.17. The fourth-order valence-electron chi connectivity index (χ4n) is 3.65. The number of aliphatic imine (C=N–C) groups is 1. The molecule has 1 aliphatic rings. The van der Waals surface area contributed by atoms with E-state index in [-0.39, 0.29) is 11.7 Å². The van der Waals surface area contributed by atoms with Crippen LogP contribution in [0.25, 0.3) is 5.57 Å². The Morgan fingerprint density at radius 3 is 2.44 bits per heavy atom. The number of hydrogen-bond donors (Lipinski definition) is 1. The van der Waals surface area contributed by atoms with E-state index in [1.165, 1.54) is 0 Å². The zero-order valence-corrected chi connectivity index (χ0v) is 19.9. The average Bonchev–Trinajstić information content (AvgIpc) is 2.73. The van der Waals surface area contributed by atoms with Crippen molar-refractivity contribution in [3.05, 3.63) is 29.8 Å². The van der Waals surface area contributed by atoms with Crippen LogP contribution in [-0.4, -0.2) is 85.6 Å². The molecular formula is C24H36N4O4. The maximum Gasteiger partial charge on any atom is 0.410 e. The average molecular weight is 445 g/mol. The first-order valence-corrected chi connectivity index (χ1v) is 11.0. The van der Waals surface area contributed by atoms with E-state index < -0.39 is 11.6 Å². The monoisotopic (exact) mass is 444 g/mol. The zero-order chi connectivity index (χ0) is 23.9. The molecule has 0 bridgehead atoms. The van der Waals surface area contributed by atoms with Crippen molar-refractivity contribution in [3.8, 4) is 0 Å². The summed E-state index contributed by atoms with van der Waals surface area (Å²) in [5, 5.41) is 9.49. The number of carbonyl (C=O) groups excluding carboxylic acids is 1. The molecule has 176 valence electrons. The number of aliphatic carboxylic acids is 1. The molecule has 1 aromatic rings. The van der Waals surface area contributed by atoms with Gasteiger partial charge in [-0.15, -0.1) is 0 Å². The Morgan fingerprint density at radius 2 is 1.91 bits per heavy atom. The van der Waals surface area contributed by atoms with Gasteiger partial charge in [0.25, 0.3) is 0 Å². The molecule has 1 aromatic carbocycles. The normalized spacial score (nSPS) is 15.4. The summed E-state index contributed by atoms with van der Waals surface area (Å²) >= 11 is 0. The SMILES string of the molecule is C=Nc1ccc(N(C)CCCN2CCN(C(=O)OC(C)(C)C)CC2)cc1/C(=C\C)C(=O)O. The number of carbonyl (C=O) groups is 2. The Hall–Kier alpha value is -2.87. The van der Waals surface area contributed by atoms with Crippen molar-refractivity contribution in [2.75, 3.05) is 51.2 Å². The number of nitrogens with zero attached hydrogens (tertiary/aromatic N) is 4. The number of carboxylic acids is 1. The van der Waals surface area contributed by atoms with Gasteiger partial charge in [0.15, 0.2) is 0 Å². The minimum Gasteiger partial charge on any atom is -0.478 e. The molecule has 1 aliphatic heterocycles. The third-order valence-corrected chi connectivity index (χ3v) is 5.39. The van der Waals surface area contributed by atoms with Crippen LogP contribution in [0.2, 0.25) is 0 Å². The molecule has 8 heteroatoms. The van der Waals surface area contributed by atoms with Gasteiger partial charge >= 0.3 is 12.1 Å². The van der Waals surface area contributed by atoms with Crippen LogP contribution >= 0.6 is 0 Å². The highest BCUT2D eigenvalue weighted by Gasteiger charge is 2.25. The van der Waals surface area contributed by atoms with Crippen LogP contribution in [0.5, 0.6) is 0 Å². The Balaban J connectivity index is 1.88. The lowest BCUT2D eigenvalue weighted by atomic mass is 10.0. The van der Waals surface area contributed by atoms with Gasteiger partial charge in [-0.2, -0.15) is 0 Å². The van der Waals surface area contributed by atoms with Crippen molar-refractivity contribution < 1.29 is 19.4 Å². The number of anilines is 1. The molecule has 2 rings (SSSR count). The van der Waals surface area contributed by atoms with Crippen molar-refractivity contribution in [1.29, 1.82) is 0 Å². The second-order valence-electron chi connectivity index (χ2n) is 8.95. The Kier molecular flexibility index (Phi) is 8.83. The number of allylic oxidation sites excluding steroid dienone is 1. The molecular weight excluding hydrogens is 408 g/mol. The van der Waals surface area contributed by atoms with Crippen LogP contribution in [0.15, 0.2) is 29.3 Å². The van der Waals surface area contributed by atoms with Crippen LogP contribution in [0, 0.1) is 0 Å². The van der Waals surface area contributed by atoms with E-state index in [9.17, 15) is 14.7 Å². The predicted octanol–water partition coefficient (Wildman–Crippen LogP) is 3.89. The first-order chi connectivity index (χ1) is 15.1. The fraction of sp³-hybridized carbons (Fsp3) is 0.542. The topological polar surface area (TPSA) is 85.7 Å². The van der Waals surface area contributed by atoms with Gasteiger partial charge in [0, 0.05) is 51.0 Å². The number of rotatable bonds is 8. The minimum atomic E-state index is -0.984. The summed E-state index contributed by atoms with van der Waals surface area (Å²) in [6.45, 7) is 15.7. The smallest absolute Gasteiger partial charge is 0.410 e. The van der Waals surface area contributed by atoms with E-state index in [0.29, 0.717) is 24.3 Å². The predicted molar refractivity (Wildman–Crippen MR) is 129 cm³/mol. The lowest BCUT2D eigenvalue weighted by Crippen LogP contribution is -2.50. The van der Waals surface area contributed by atoms with Gasteiger partial charge in [0.05, 0.1) is 11.3 Å². The van der Waals surface area contributed by atoms with Gasteiger partial charge in [-0.3, -0.25) is 9.89 Å². The Bertz CT molecular complexity index is 852. The molecule has 0 saturated carbocycles. The molecule has 0 unspecified atom stereocenters. The number of piperazine rings is 1. The van der Waals surface area contributed by atoms with E-state index in [4.69, 9.17) is 4.74 Å². The fourth-order valence-corrected chi connectivity index (χ4v) is 3.65. The largest absolute Gasteiger partial charge is 0.478 e. The Morgan fingerprint density at radius 1 is 1.25 bits per heavy atom. The van der Waals surface area contributed by atoms with Crippen molar-refractivity contribution in [1.82, 2.24) is 9.80 Å². The maximum atomic E-state index is 12.2. The van der Waals surface area contributed by atoms with Crippen LogP contribution in [0.3, 0.4) is 0 Å². The number of ether oxygens (including phenoxy) is 1. The van der Waals surface area contributed by atoms with Gasteiger partial charge in [0.2, 0.25) is 0 Å². The molecule has 0 atom stereocenters. The van der Waals surface area contributed by atoms with Crippen molar-refractivity contribution in [2.24, 2.45) is 4.99 Å². The molecule has 1 N–H and O–H groups in total. The standard InChI is InChI=1S/C24H36N4O4/c1-7-19(22(29)30)20-17-18(9-10-21(20)25-5)26(6)11-8-12-27-13-15-28(16-14-27)23(31)32-24(2,3)4/h7,9-10,17H,5,8,11-16H2,1-4,6H3,(H,29,30)/b19-7+. The summed E-state index contributed by atoms with van der Waals surface area (Å²) in [5.74, 6) is -0.984. The number of amides is 1. The van der Waals surface area contributed by atoms with E-state index >= 15 is 0 Å². The molecule has 0 aromatic heterocycles. The van der Waals surface area contributed by atoms with Crippen molar-refractivity contribution in [3.63, 3.8) is 0 Å². The van der Waals surface area contributed by atoms with E-state index in [1.807, 2.05) is 40.0 Å². The molecule has 0 radical (unpaired) electrons. The molecule has 1 heterocycles. The molecule has 0 spiro atoms. The van der Waals surface area contributed by atoms with Crippen LogP contribution < -0.4 is 4.90 Å². The lowest BCUT2D eigenvalue weighted by molar-refractivity contribution is -0.130. The van der Waals surface area contributed by atoms with Gasteiger partial charge in [0.1, 0.15) is 5.60 Å². The first-order valence-electron chi connectivity index (χ1n) is 11.0. The molecule has 1 saturated heterocycles. The summed E-state index contributed by atoms with van der Waals surface area (Å²) in [7, 11) is 2.00. The highest BCUT2D eigenvalue weighted by Crippen LogP contribution is 2.30. The van der Waals surface area contributed by atoms with Crippen molar-refractivity contribution >= 4 is 35.7 Å². The minimum absolute atomic E-state index is 0.213. The highest BCUT2D eigenvalue weighted by atomic mass is 16.6. The zero-order valence-electron chi connectivity index (χ0n) is 19.9.